The lowest BCUT2D eigenvalue weighted by molar-refractivity contribution is 0.914. The molecule has 0 aliphatic carbocycles. The van der Waals surface area contributed by atoms with Crippen molar-refractivity contribution in [3.63, 3.8) is 0 Å². The molecule has 0 aliphatic rings. The molecular formula is C17H19. The zero-order valence-electron chi connectivity index (χ0n) is 10.4. The number of hydrogen-bond acceptors (Lipinski definition) is 0. The van der Waals surface area contributed by atoms with Gasteiger partial charge in [0.2, 0.25) is 0 Å². The maximum atomic E-state index is 3.05. The topological polar surface area (TPSA) is 0 Å². The van der Waals surface area contributed by atoms with Gasteiger partial charge < -0.3 is 0 Å². The molecule has 0 fully saturated rings. The Balaban J connectivity index is 1.91. The Kier molecular flexibility index (Phi) is 4.37. The molecule has 17 heavy (non-hydrogen) atoms. The maximum absolute atomic E-state index is 3.05. The van der Waals surface area contributed by atoms with Crippen LogP contribution in [0.2, 0.25) is 0 Å². The summed E-state index contributed by atoms with van der Waals surface area (Å²) in [7, 11) is 0. The molecular weight excluding hydrogens is 204 g/mol. The second-order valence-electron chi connectivity index (χ2n) is 4.47. The summed E-state index contributed by atoms with van der Waals surface area (Å²) in [6.07, 6.45) is 4.65. The van der Waals surface area contributed by atoms with E-state index in [1.165, 1.54) is 29.5 Å². The molecule has 0 spiro atoms. The van der Waals surface area contributed by atoms with Crippen LogP contribution in [0.1, 0.15) is 30.0 Å². The lowest BCUT2D eigenvalue weighted by Crippen LogP contribution is -1.91. The number of aryl methyl sites for hydroxylation is 3. The Hall–Kier alpha value is -1.56. The van der Waals surface area contributed by atoms with E-state index in [4.69, 9.17) is 0 Å². The lowest BCUT2D eigenvalue weighted by atomic mass is 10.0. The molecule has 0 amide bonds. The van der Waals surface area contributed by atoms with Crippen LogP contribution in [0, 0.1) is 6.07 Å². The molecule has 0 bridgehead atoms. The first-order valence-electron chi connectivity index (χ1n) is 6.41. The van der Waals surface area contributed by atoms with Gasteiger partial charge in [0.05, 0.1) is 0 Å². The Morgan fingerprint density at radius 1 is 0.706 bits per heavy atom. The predicted octanol–water partition coefficient (Wildman–Crippen LogP) is 4.22. The first kappa shape index (κ1) is 11.9. The van der Waals surface area contributed by atoms with Crippen LogP contribution < -0.4 is 0 Å². The molecule has 2 aromatic rings. The zero-order chi connectivity index (χ0) is 11.9. The van der Waals surface area contributed by atoms with E-state index in [2.05, 4.69) is 49.4 Å². The monoisotopic (exact) mass is 223 g/mol. The summed E-state index contributed by atoms with van der Waals surface area (Å²) in [5.74, 6) is 0. The van der Waals surface area contributed by atoms with Gasteiger partial charge in [0.1, 0.15) is 0 Å². The molecule has 0 nitrogen and oxygen atoms in total. The van der Waals surface area contributed by atoms with Crippen LogP contribution >= 0.6 is 0 Å². The zero-order valence-corrected chi connectivity index (χ0v) is 10.4. The van der Waals surface area contributed by atoms with Crippen molar-refractivity contribution < 1.29 is 0 Å². The second-order valence-corrected chi connectivity index (χ2v) is 4.47. The minimum Gasteiger partial charge on any atom is -0.0651 e. The average Bonchev–Trinajstić information content (AvgIpc) is 2.40. The molecule has 0 aliphatic heterocycles. The van der Waals surface area contributed by atoms with E-state index in [1.54, 1.807) is 0 Å². The van der Waals surface area contributed by atoms with Crippen LogP contribution in [0.5, 0.6) is 0 Å². The van der Waals surface area contributed by atoms with Gasteiger partial charge in [0, 0.05) is 0 Å². The molecule has 2 rings (SSSR count). The molecule has 0 saturated carbocycles. The third-order valence-electron chi connectivity index (χ3n) is 3.05. The van der Waals surface area contributed by atoms with Gasteiger partial charge in [-0.05, 0) is 42.0 Å². The van der Waals surface area contributed by atoms with E-state index in [-0.39, 0.29) is 0 Å². The Bertz CT molecular complexity index is 425. The summed E-state index contributed by atoms with van der Waals surface area (Å²) in [5.41, 5.74) is 4.27. The van der Waals surface area contributed by atoms with Crippen LogP contribution in [0.15, 0.2) is 48.5 Å². The van der Waals surface area contributed by atoms with Crippen molar-refractivity contribution in [1.82, 2.24) is 0 Å². The number of hydrogen-bond donors (Lipinski definition) is 0. The highest BCUT2D eigenvalue weighted by molar-refractivity contribution is 5.24. The van der Waals surface area contributed by atoms with Gasteiger partial charge in [0.15, 0.2) is 0 Å². The molecule has 0 aromatic heterocycles. The SMILES string of the molecule is CCCc1ccc(CCc2cc[c]cc2)cc1. The fraction of sp³-hybridized carbons (Fsp3) is 0.294. The van der Waals surface area contributed by atoms with Crippen LogP contribution in [0.4, 0.5) is 0 Å². The van der Waals surface area contributed by atoms with Crippen molar-refractivity contribution >= 4 is 0 Å². The molecule has 0 N–H and O–H groups in total. The highest BCUT2D eigenvalue weighted by Crippen LogP contribution is 2.10. The van der Waals surface area contributed by atoms with Gasteiger partial charge in [-0.15, -0.1) is 0 Å². The number of benzene rings is 2. The number of rotatable bonds is 5. The second kappa shape index (κ2) is 6.24. The minimum atomic E-state index is 1.11. The largest absolute Gasteiger partial charge is 0.0651 e. The lowest BCUT2D eigenvalue weighted by Gasteiger charge is -2.04. The smallest absolute Gasteiger partial charge is 0.0184 e. The summed E-state index contributed by atoms with van der Waals surface area (Å²) in [5, 5.41) is 0. The Morgan fingerprint density at radius 3 is 1.71 bits per heavy atom. The first-order valence-corrected chi connectivity index (χ1v) is 6.41. The van der Waals surface area contributed by atoms with Crippen molar-refractivity contribution in [2.45, 2.75) is 32.6 Å². The summed E-state index contributed by atoms with van der Waals surface area (Å²) in [6, 6.07) is 20.4. The molecule has 2 aromatic carbocycles. The van der Waals surface area contributed by atoms with Crippen molar-refractivity contribution in [1.29, 1.82) is 0 Å². The van der Waals surface area contributed by atoms with Crippen LogP contribution in [0.25, 0.3) is 0 Å². The predicted molar refractivity (Wildman–Crippen MR) is 73.1 cm³/mol. The van der Waals surface area contributed by atoms with E-state index in [9.17, 15) is 0 Å². The van der Waals surface area contributed by atoms with E-state index in [0.717, 1.165) is 12.8 Å². The molecule has 0 unspecified atom stereocenters. The van der Waals surface area contributed by atoms with Gasteiger partial charge >= 0.3 is 0 Å². The molecule has 1 radical (unpaired) electrons. The van der Waals surface area contributed by atoms with E-state index < -0.39 is 0 Å². The van der Waals surface area contributed by atoms with Crippen molar-refractivity contribution in [2.75, 3.05) is 0 Å². The molecule has 87 valence electrons. The van der Waals surface area contributed by atoms with Gasteiger partial charge in [-0.25, -0.2) is 0 Å². The highest BCUT2D eigenvalue weighted by Gasteiger charge is 1.96. The molecule has 0 heteroatoms. The van der Waals surface area contributed by atoms with Crippen LogP contribution in [-0.4, -0.2) is 0 Å². The van der Waals surface area contributed by atoms with E-state index in [1.807, 2.05) is 12.1 Å². The van der Waals surface area contributed by atoms with Crippen molar-refractivity contribution in [2.24, 2.45) is 0 Å². The first-order chi connectivity index (χ1) is 8.38. The standard InChI is InChI=1S/C17H19/c1-2-6-15-9-12-17(13-10-15)14-11-16-7-4-3-5-8-16/h4-5,7-10,12-13H,2,6,11,14H2,1H3. The van der Waals surface area contributed by atoms with Crippen molar-refractivity contribution in [3.05, 3.63) is 71.3 Å². The highest BCUT2D eigenvalue weighted by atomic mass is 14.0. The summed E-state index contributed by atoms with van der Waals surface area (Å²) in [6.45, 7) is 2.22. The van der Waals surface area contributed by atoms with Gasteiger partial charge in [-0.2, -0.15) is 0 Å². The van der Waals surface area contributed by atoms with E-state index in [0.29, 0.717) is 0 Å². The van der Waals surface area contributed by atoms with Gasteiger partial charge in [-0.3, -0.25) is 0 Å². The Labute approximate surface area is 104 Å². The molecule has 0 atom stereocenters. The van der Waals surface area contributed by atoms with Crippen LogP contribution in [-0.2, 0) is 19.3 Å². The summed E-state index contributed by atoms with van der Waals surface area (Å²) < 4.78 is 0. The molecule has 0 heterocycles. The third kappa shape index (κ3) is 3.74. The summed E-state index contributed by atoms with van der Waals surface area (Å²) >= 11 is 0. The normalized spacial score (nSPS) is 10.4. The van der Waals surface area contributed by atoms with E-state index >= 15 is 0 Å². The van der Waals surface area contributed by atoms with Crippen molar-refractivity contribution in [3.8, 4) is 0 Å². The fourth-order valence-corrected chi connectivity index (χ4v) is 2.04. The maximum Gasteiger partial charge on any atom is -0.0184 e. The summed E-state index contributed by atoms with van der Waals surface area (Å²) in [4.78, 5) is 0. The quantitative estimate of drug-likeness (QED) is 0.711. The minimum absolute atomic E-state index is 1.11. The van der Waals surface area contributed by atoms with Crippen LogP contribution in [0.3, 0.4) is 0 Å². The fourth-order valence-electron chi connectivity index (χ4n) is 2.04. The van der Waals surface area contributed by atoms with Gasteiger partial charge in [0.25, 0.3) is 0 Å². The van der Waals surface area contributed by atoms with Gasteiger partial charge in [-0.1, -0.05) is 61.9 Å². The Morgan fingerprint density at radius 2 is 1.18 bits per heavy atom. The third-order valence-corrected chi connectivity index (χ3v) is 3.05. The molecule has 0 saturated heterocycles. The average molecular weight is 223 g/mol.